The smallest absolute Gasteiger partial charge is 0.220 e. The van der Waals surface area contributed by atoms with Gasteiger partial charge in [-0.1, -0.05) is 42.5 Å². The molecule has 0 radical (unpaired) electrons. The summed E-state index contributed by atoms with van der Waals surface area (Å²) >= 11 is 0. The predicted octanol–water partition coefficient (Wildman–Crippen LogP) is 4.15. The predicted molar refractivity (Wildman–Crippen MR) is 107 cm³/mol. The summed E-state index contributed by atoms with van der Waals surface area (Å²) in [5.74, 6) is 0.115. The SMILES string of the molecule is Cc1ccc(CCC(=O)NCc2ccc(CN3CCCC3)cc2)cc1C. The molecule has 1 saturated heterocycles. The lowest BCUT2D eigenvalue weighted by Gasteiger charge is -2.14. The molecule has 3 nitrogen and oxygen atoms in total. The molecule has 3 heteroatoms. The monoisotopic (exact) mass is 350 g/mol. The molecule has 0 aromatic heterocycles. The van der Waals surface area contributed by atoms with Gasteiger partial charge in [-0.05, 0) is 74.0 Å². The van der Waals surface area contributed by atoms with E-state index in [9.17, 15) is 4.79 Å². The fraction of sp³-hybridized carbons (Fsp3) is 0.435. The van der Waals surface area contributed by atoms with Crippen molar-refractivity contribution < 1.29 is 4.79 Å². The second-order valence-corrected chi connectivity index (χ2v) is 7.50. The average molecular weight is 351 g/mol. The molecule has 2 aromatic rings. The summed E-state index contributed by atoms with van der Waals surface area (Å²) in [5.41, 5.74) is 6.34. The van der Waals surface area contributed by atoms with Crippen LogP contribution in [-0.2, 0) is 24.3 Å². The Labute approximate surface area is 157 Å². The fourth-order valence-electron chi connectivity index (χ4n) is 3.47. The van der Waals surface area contributed by atoms with Crippen molar-refractivity contribution in [2.45, 2.75) is 52.6 Å². The summed E-state index contributed by atoms with van der Waals surface area (Å²) < 4.78 is 0. The number of aryl methyl sites for hydroxylation is 3. The summed E-state index contributed by atoms with van der Waals surface area (Å²) in [6, 6.07) is 15.1. The number of rotatable bonds is 7. The Morgan fingerprint density at radius 1 is 0.923 bits per heavy atom. The van der Waals surface area contributed by atoms with Crippen LogP contribution in [0.15, 0.2) is 42.5 Å². The van der Waals surface area contributed by atoms with Crippen molar-refractivity contribution in [2.75, 3.05) is 13.1 Å². The summed E-state index contributed by atoms with van der Waals surface area (Å²) in [7, 11) is 0. The third-order valence-electron chi connectivity index (χ3n) is 5.33. The quantitative estimate of drug-likeness (QED) is 0.814. The van der Waals surface area contributed by atoms with Crippen molar-refractivity contribution in [1.82, 2.24) is 10.2 Å². The van der Waals surface area contributed by atoms with Crippen LogP contribution in [0.5, 0.6) is 0 Å². The third-order valence-corrected chi connectivity index (χ3v) is 5.33. The molecular weight excluding hydrogens is 320 g/mol. The maximum absolute atomic E-state index is 12.1. The molecule has 3 rings (SSSR count). The van der Waals surface area contributed by atoms with Crippen LogP contribution >= 0.6 is 0 Å². The van der Waals surface area contributed by atoms with Crippen LogP contribution in [0.1, 0.15) is 47.1 Å². The molecule has 1 aliphatic heterocycles. The Kier molecular flexibility index (Phi) is 6.45. The second-order valence-electron chi connectivity index (χ2n) is 7.50. The van der Waals surface area contributed by atoms with Gasteiger partial charge in [0.1, 0.15) is 0 Å². The van der Waals surface area contributed by atoms with Gasteiger partial charge in [0.2, 0.25) is 5.91 Å². The van der Waals surface area contributed by atoms with Crippen molar-refractivity contribution in [3.63, 3.8) is 0 Å². The summed E-state index contributed by atoms with van der Waals surface area (Å²) in [6.45, 7) is 8.32. The first-order valence-corrected chi connectivity index (χ1v) is 9.73. The zero-order chi connectivity index (χ0) is 18.4. The van der Waals surface area contributed by atoms with Crippen LogP contribution in [0.3, 0.4) is 0 Å². The lowest BCUT2D eigenvalue weighted by Crippen LogP contribution is -2.23. The molecule has 2 aromatic carbocycles. The molecular formula is C23H30N2O. The third kappa shape index (κ3) is 5.43. The highest BCUT2D eigenvalue weighted by molar-refractivity contribution is 5.76. The molecule has 0 unspecified atom stereocenters. The summed E-state index contributed by atoms with van der Waals surface area (Å²) in [4.78, 5) is 14.6. The first-order valence-electron chi connectivity index (χ1n) is 9.73. The number of hydrogen-bond donors (Lipinski definition) is 1. The Hall–Kier alpha value is -2.13. The lowest BCUT2D eigenvalue weighted by molar-refractivity contribution is -0.121. The Morgan fingerprint density at radius 2 is 1.58 bits per heavy atom. The van der Waals surface area contributed by atoms with Crippen LogP contribution in [-0.4, -0.2) is 23.9 Å². The van der Waals surface area contributed by atoms with E-state index in [0.717, 1.165) is 18.5 Å². The summed E-state index contributed by atoms with van der Waals surface area (Å²) in [5, 5.41) is 3.04. The van der Waals surface area contributed by atoms with Crippen LogP contribution in [0.4, 0.5) is 0 Å². The van der Waals surface area contributed by atoms with Gasteiger partial charge >= 0.3 is 0 Å². The van der Waals surface area contributed by atoms with E-state index < -0.39 is 0 Å². The topological polar surface area (TPSA) is 32.3 Å². The maximum Gasteiger partial charge on any atom is 0.220 e. The van der Waals surface area contributed by atoms with E-state index in [0.29, 0.717) is 13.0 Å². The van der Waals surface area contributed by atoms with Gasteiger partial charge in [-0.15, -0.1) is 0 Å². The zero-order valence-corrected chi connectivity index (χ0v) is 16.1. The Morgan fingerprint density at radius 3 is 2.27 bits per heavy atom. The highest BCUT2D eigenvalue weighted by Crippen LogP contribution is 2.14. The molecule has 1 aliphatic rings. The highest BCUT2D eigenvalue weighted by Gasteiger charge is 2.11. The van der Waals surface area contributed by atoms with Gasteiger partial charge in [0, 0.05) is 19.5 Å². The van der Waals surface area contributed by atoms with Crippen LogP contribution < -0.4 is 5.32 Å². The number of nitrogens with one attached hydrogen (secondary N) is 1. The summed E-state index contributed by atoms with van der Waals surface area (Å²) in [6.07, 6.45) is 3.98. The molecule has 1 amide bonds. The molecule has 1 heterocycles. The Balaban J connectivity index is 1.41. The van der Waals surface area contributed by atoms with E-state index in [1.807, 2.05) is 0 Å². The molecule has 0 atom stereocenters. The van der Waals surface area contributed by atoms with Crippen LogP contribution in [0, 0.1) is 13.8 Å². The van der Waals surface area contributed by atoms with Gasteiger partial charge < -0.3 is 5.32 Å². The van der Waals surface area contributed by atoms with E-state index in [-0.39, 0.29) is 5.91 Å². The molecule has 26 heavy (non-hydrogen) atoms. The first kappa shape index (κ1) is 18.7. The van der Waals surface area contributed by atoms with E-state index >= 15 is 0 Å². The molecule has 0 spiro atoms. The van der Waals surface area contributed by atoms with Gasteiger partial charge in [-0.2, -0.15) is 0 Å². The standard InChI is InChI=1S/C23H30N2O/c1-18-5-6-20(15-19(18)2)11-12-23(26)24-16-21-7-9-22(10-8-21)17-25-13-3-4-14-25/h5-10,15H,3-4,11-14,16-17H2,1-2H3,(H,24,26). The van der Waals surface area contributed by atoms with E-state index in [1.165, 1.54) is 48.2 Å². The van der Waals surface area contributed by atoms with Crippen molar-refractivity contribution in [2.24, 2.45) is 0 Å². The van der Waals surface area contributed by atoms with Gasteiger partial charge in [-0.3, -0.25) is 9.69 Å². The molecule has 1 fully saturated rings. The molecule has 0 aliphatic carbocycles. The fourth-order valence-corrected chi connectivity index (χ4v) is 3.47. The number of hydrogen-bond acceptors (Lipinski definition) is 2. The van der Waals surface area contributed by atoms with Crippen molar-refractivity contribution in [1.29, 1.82) is 0 Å². The molecule has 0 saturated carbocycles. The average Bonchev–Trinajstić information content (AvgIpc) is 3.15. The van der Waals surface area contributed by atoms with Crippen LogP contribution in [0.25, 0.3) is 0 Å². The maximum atomic E-state index is 12.1. The number of likely N-dealkylation sites (tertiary alicyclic amines) is 1. The number of carbonyl (C=O) groups excluding carboxylic acids is 1. The molecule has 1 N–H and O–H groups in total. The second kappa shape index (κ2) is 9.00. The van der Waals surface area contributed by atoms with Gasteiger partial charge in [0.25, 0.3) is 0 Å². The van der Waals surface area contributed by atoms with Crippen LogP contribution in [0.2, 0.25) is 0 Å². The van der Waals surface area contributed by atoms with E-state index in [1.54, 1.807) is 0 Å². The minimum absolute atomic E-state index is 0.115. The van der Waals surface area contributed by atoms with E-state index in [4.69, 9.17) is 0 Å². The van der Waals surface area contributed by atoms with Crippen molar-refractivity contribution in [3.05, 3.63) is 70.3 Å². The minimum atomic E-state index is 0.115. The number of carbonyl (C=O) groups is 1. The van der Waals surface area contributed by atoms with E-state index in [2.05, 4.69) is 66.5 Å². The highest BCUT2D eigenvalue weighted by atomic mass is 16.1. The Bertz CT molecular complexity index is 730. The molecule has 0 bridgehead atoms. The van der Waals surface area contributed by atoms with Crippen molar-refractivity contribution >= 4 is 5.91 Å². The number of amides is 1. The van der Waals surface area contributed by atoms with Crippen molar-refractivity contribution in [3.8, 4) is 0 Å². The lowest BCUT2D eigenvalue weighted by atomic mass is 10.0. The number of nitrogens with zero attached hydrogens (tertiary/aromatic N) is 1. The van der Waals surface area contributed by atoms with Gasteiger partial charge in [-0.25, -0.2) is 0 Å². The zero-order valence-electron chi connectivity index (χ0n) is 16.1. The normalized spacial score (nSPS) is 14.5. The van der Waals surface area contributed by atoms with Gasteiger partial charge in [0.05, 0.1) is 0 Å². The molecule has 138 valence electrons. The number of benzene rings is 2. The first-order chi connectivity index (χ1) is 12.6. The van der Waals surface area contributed by atoms with Gasteiger partial charge in [0.15, 0.2) is 0 Å². The largest absolute Gasteiger partial charge is 0.352 e. The minimum Gasteiger partial charge on any atom is -0.352 e.